The zero-order valence-electron chi connectivity index (χ0n) is 18.2. The van der Waals surface area contributed by atoms with Gasteiger partial charge in [-0.1, -0.05) is 38.4 Å². The molecule has 1 heterocycles. The van der Waals surface area contributed by atoms with E-state index < -0.39 is 17.7 Å². The van der Waals surface area contributed by atoms with Crippen molar-refractivity contribution in [3.63, 3.8) is 0 Å². The minimum atomic E-state index is -0.713. The maximum Gasteiger partial charge on any atom is 0.408 e. The maximum absolute atomic E-state index is 13.0. The van der Waals surface area contributed by atoms with E-state index in [9.17, 15) is 9.59 Å². The lowest BCUT2D eigenvalue weighted by molar-refractivity contribution is -0.120. The van der Waals surface area contributed by atoms with Crippen molar-refractivity contribution >= 4 is 29.3 Å². The van der Waals surface area contributed by atoms with Crippen LogP contribution in [0.2, 0.25) is 5.02 Å². The van der Waals surface area contributed by atoms with E-state index in [1.54, 1.807) is 26.8 Å². The number of amides is 2. The number of carbonyl (C=O) groups excluding carboxylic acids is 2. The van der Waals surface area contributed by atoms with Gasteiger partial charge >= 0.3 is 6.09 Å². The van der Waals surface area contributed by atoms with Gasteiger partial charge in [0, 0.05) is 23.9 Å². The summed E-state index contributed by atoms with van der Waals surface area (Å²) in [5.41, 5.74) is 0.862. The van der Waals surface area contributed by atoms with E-state index in [-0.39, 0.29) is 17.2 Å². The average molecular weight is 425 g/mol. The molecule has 1 aromatic carbocycles. The highest BCUT2D eigenvalue weighted by molar-refractivity contribution is 6.31. The normalized spacial score (nSPS) is 16.8. The number of alkyl carbamates (subject to hydrolysis) is 1. The van der Waals surface area contributed by atoms with Crippen molar-refractivity contribution in [3.8, 4) is 0 Å². The number of ether oxygens (including phenoxy) is 2. The van der Waals surface area contributed by atoms with Crippen LogP contribution in [0, 0.1) is 5.92 Å². The zero-order chi connectivity index (χ0) is 21.8. The number of halogens is 1. The quantitative estimate of drug-likeness (QED) is 0.720. The van der Waals surface area contributed by atoms with Gasteiger partial charge in [0.15, 0.2) is 0 Å². The molecule has 6 nitrogen and oxygen atoms in total. The fourth-order valence-corrected chi connectivity index (χ4v) is 3.77. The van der Waals surface area contributed by atoms with E-state index >= 15 is 0 Å². The third-order valence-electron chi connectivity index (χ3n) is 4.74. The van der Waals surface area contributed by atoms with E-state index in [4.69, 9.17) is 21.1 Å². The number of benzene rings is 1. The molecule has 1 unspecified atom stereocenters. The van der Waals surface area contributed by atoms with Gasteiger partial charge in [-0.05, 0) is 62.6 Å². The molecule has 2 N–H and O–H groups in total. The molecule has 2 rings (SSSR count). The van der Waals surface area contributed by atoms with Crippen molar-refractivity contribution in [2.24, 2.45) is 5.92 Å². The van der Waals surface area contributed by atoms with Crippen LogP contribution in [0.25, 0.3) is 0 Å². The Bertz CT molecular complexity index is 731. The first-order valence-corrected chi connectivity index (χ1v) is 10.4. The summed E-state index contributed by atoms with van der Waals surface area (Å²) < 4.78 is 10.8. The highest BCUT2D eigenvalue weighted by atomic mass is 35.5. The van der Waals surface area contributed by atoms with Crippen molar-refractivity contribution in [2.75, 3.05) is 18.5 Å². The van der Waals surface area contributed by atoms with Gasteiger partial charge in [0.1, 0.15) is 11.6 Å². The summed E-state index contributed by atoms with van der Waals surface area (Å²) in [6, 6.07) is 4.78. The number of hydrogen-bond acceptors (Lipinski definition) is 4. The lowest BCUT2D eigenvalue weighted by atomic mass is 9.87. The molecule has 0 radical (unpaired) electrons. The van der Waals surface area contributed by atoms with E-state index in [0.717, 1.165) is 5.56 Å². The molecule has 1 atom stereocenters. The van der Waals surface area contributed by atoms with Crippen molar-refractivity contribution in [2.45, 2.75) is 71.4 Å². The van der Waals surface area contributed by atoms with Crippen LogP contribution in [0.5, 0.6) is 0 Å². The third-order valence-corrected chi connectivity index (χ3v) is 5.05. The van der Waals surface area contributed by atoms with Gasteiger partial charge < -0.3 is 20.1 Å². The van der Waals surface area contributed by atoms with Gasteiger partial charge in [-0.25, -0.2) is 4.79 Å². The fourth-order valence-electron chi connectivity index (χ4n) is 3.30. The van der Waals surface area contributed by atoms with Crippen molar-refractivity contribution in [1.29, 1.82) is 0 Å². The van der Waals surface area contributed by atoms with Gasteiger partial charge in [0.05, 0.1) is 0 Å². The van der Waals surface area contributed by atoms with Crippen LogP contribution in [0.15, 0.2) is 18.2 Å². The van der Waals surface area contributed by atoms with Crippen LogP contribution in [0.1, 0.15) is 59.9 Å². The summed E-state index contributed by atoms with van der Waals surface area (Å²) in [7, 11) is 0. The molecule has 0 bridgehead atoms. The van der Waals surface area contributed by atoms with E-state index in [1.165, 1.54) is 0 Å². The number of hydrogen-bond donors (Lipinski definition) is 2. The van der Waals surface area contributed by atoms with Crippen molar-refractivity contribution in [1.82, 2.24) is 5.32 Å². The second-order valence-corrected chi connectivity index (χ2v) is 9.91. The molecule has 0 saturated carbocycles. The average Bonchev–Trinajstić information content (AvgIpc) is 2.57. The molecule has 7 heteroatoms. The highest BCUT2D eigenvalue weighted by Crippen LogP contribution is 2.31. The summed E-state index contributed by atoms with van der Waals surface area (Å²) in [6.07, 6.45) is 0.778. The number of rotatable bonds is 4. The highest BCUT2D eigenvalue weighted by Gasteiger charge is 2.33. The minimum Gasteiger partial charge on any atom is -0.444 e. The smallest absolute Gasteiger partial charge is 0.408 e. The Labute approximate surface area is 178 Å². The predicted molar refractivity (Wildman–Crippen MR) is 115 cm³/mol. The topological polar surface area (TPSA) is 76.7 Å². The molecule has 0 spiro atoms. The maximum atomic E-state index is 13.0. The molecule has 29 heavy (non-hydrogen) atoms. The van der Waals surface area contributed by atoms with E-state index in [1.807, 2.05) is 12.1 Å². The molecule has 1 aliphatic rings. The molecule has 1 aromatic rings. The van der Waals surface area contributed by atoms with Gasteiger partial charge in [-0.15, -0.1) is 0 Å². The van der Waals surface area contributed by atoms with Gasteiger partial charge in [-0.2, -0.15) is 0 Å². The Hall–Kier alpha value is -1.79. The van der Waals surface area contributed by atoms with Gasteiger partial charge in [0.2, 0.25) is 5.91 Å². The molecule has 1 aliphatic heterocycles. The van der Waals surface area contributed by atoms with Crippen molar-refractivity contribution < 1.29 is 19.1 Å². The number of carbonyl (C=O) groups is 2. The first kappa shape index (κ1) is 23.5. The van der Waals surface area contributed by atoms with E-state index in [0.29, 0.717) is 36.8 Å². The van der Waals surface area contributed by atoms with Crippen LogP contribution in [0.4, 0.5) is 10.5 Å². The lowest BCUT2D eigenvalue weighted by Gasteiger charge is -2.31. The molecular formula is C22H33ClN2O4. The summed E-state index contributed by atoms with van der Waals surface area (Å²) in [4.78, 5) is 25.4. The second-order valence-electron chi connectivity index (χ2n) is 9.51. The Morgan fingerprint density at radius 1 is 1.14 bits per heavy atom. The molecule has 1 saturated heterocycles. The zero-order valence-corrected chi connectivity index (χ0v) is 19.0. The molecular weight excluding hydrogens is 392 g/mol. The van der Waals surface area contributed by atoms with Gasteiger partial charge in [-0.3, -0.25) is 4.79 Å². The first-order valence-electron chi connectivity index (χ1n) is 10.0. The van der Waals surface area contributed by atoms with E-state index in [2.05, 4.69) is 31.4 Å². The summed E-state index contributed by atoms with van der Waals surface area (Å²) >= 11 is 6.43. The number of nitrogens with one attached hydrogen (secondary N) is 2. The summed E-state index contributed by atoms with van der Waals surface area (Å²) in [6.45, 7) is 12.7. The Morgan fingerprint density at radius 2 is 1.76 bits per heavy atom. The predicted octanol–water partition coefficient (Wildman–Crippen LogP) is 4.90. The lowest BCUT2D eigenvalue weighted by Crippen LogP contribution is -2.51. The minimum absolute atomic E-state index is 0.0272. The van der Waals surface area contributed by atoms with Crippen LogP contribution >= 0.6 is 11.6 Å². The standard InChI is InChI=1S/C22H33ClN2O4/c1-21(2,3)16-8-7-15(13-17(16)23)24-19(26)18(14-9-11-28-12-10-14)25-20(27)29-22(4,5)6/h7-8,13-14,18H,9-12H2,1-6H3,(H,24,26)(H,25,27). The van der Waals surface area contributed by atoms with Crippen LogP contribution in [-0.4, -0.2) is 36.9 Å². The van der Waals surface area contributed by atoms with Crippen LogP contribution in [0.3, 0.4) is 0 Å². The molecule has 2 amide bonds. The largest absolute Gasteiger partial charge is 0.444 e. The summed E-state index contributed by atoms with van der Waals surface area (Å²) in [5.74, 6) is -0.317. The first-order chi connectivity index (χ1) is 13.4. The van der Waals surface area contributed by atoms with Crippen LogP contribution in [-0.2, 0) is 19.7 Å². The van der Waals surface area contributed by atoms with Gasteiger partial charge in [0.25, 0.3) is 0 Å². The molecule has 162 valence electrons. The summed E-state index contributed by atoms with van der Waals surface area (Å²) in [5, 5.41) is 6.24. The Morgan fingerprint density at radius 3 is 2.28 bits per heavy atom. The Balaban J connectivity index is 2.16. The molecule has 0 aliphatic carbocycles. The molecule has 1 fully saturated rings. The van der Waals surface area contributed by atoms with Crippen LogP contribution < -0.4 is 10.6 Å². The second kappa shape index (κ2) is 9.35. The Kier molecular flexibility index (Phi) is 7.57. The monoisotopic (exact) mass is 424 g/mol. The number of anilines is 1. The SMILES string of the molecule is CC(C)(C)OC(=O)NC(C(=O)Nc1ccc(C(C)(C)C)c(Cl)c1)C1CCOCC1. The third kappa shape index (κ3) is 7.19. The fraction of sp³-hybridized carbons (Fsp3) is 0.636. The molecule has 0 aromatic heterocycles. The van der Waals surface area contributed by atoms with Crippen molar-refractivity contribution in [3.05, 3.63) is 28.8 Å².